The van der Waals surface area contributed by atoms with Gasteiger partial charge in [0.05, 0.1) is 5.69 Å². The van der Waals surface area contributed by atoms with Crippen LogP contribution in [-0.4, -0.2) is 19.3 Å². The van der Waals surface area contributed by atoms with Crippen LogP contribution in [0.25, 0.3) is 0 Å². The number of anilines is 1. The van der Waals surface area contributed by atoms with Crippen LogP contribution in [0.2, 0.25) is 0 Å². The Balaban J connectivity index is 2.23. The maximum absolute atomic E-state index is 12.7. The molecule has 0 saturated heterocycles. The fourth-order valence-corrected chi connectivity index (χ4v) is 3.32. The molecule has 3 N–H and O–H groups in total. The normalized spacial score (nSPS) is 11.3. The number of benzene rings is 1. The zero-order valence-corrected chi connectivity index (χ0v) is 11.9. The minimum Gasteiger partial charge on any atom is -0.298 e. The van der Waals surface area contributed by atoms with Gasteiger partial charge in [0.15, 0.2) is 9.34 Å². The van der Waals surface area contributed by atoms with Gasteiger partial charge in [-0.2, -0.15) is 0 Å². The molecule has 6 nitrogen and oxygen atoms in total. The highest BCUT2D eigenvalue weighted by atomic mass is 32.2. The van der Waals surface area contributed by atoms with Gasteiger partial charge in [0, 0.05) is 5.56 Å². The van der Waals surface area contributed by atoms with E-state index in [2.05, 4.69) is 10.3 Å². The fourth-order valence-electron chi connectivity index (χ4n) is 1.47. The van der Waals surface area contributed by atoms with Gasteiger partial charge in [0.25, 0.3) is 5.91 Å². The molecule has 0 atom stereocenters. The number of aryl methyl sites for hydroxylation is 1. The van der Waals surface area contributed by atoms with Crippen molar-refractivity contribution >= 4 is 32.4 Å². The quantitative estimate of drug-likeness (QED) is 0.895. The van der Waals surface area contributed by atoms with Crippen molar-refractivity contribution in [3.63, 3.8) is 0 Å². The van der Waals surface area contributed by atoms with Crippen LogP contribution >= 0.6 is 11.3 Å². The van der Waals surface area contributed by atoms with E-state index in [0.29, 0.717) is 0 Å². The SMILES string of the molecule is Cc1nc(NC(=O)c2ccc(F)cc2)sc1S(N)(=O)=O. The van der Waals surface area contributed by atoms with Crippen molar-refractivity contribution in [2.45, 2.75) is 11.1 Å². The number of hydrogen-bond donors (Lipinski definition) is 2. The summed E-state index contributed by atoms with van der Waals surface area (Å²) in [6.45, 7) is 1.48. The van der Waals surface area contributed by atoms with E-state index in [1.807, 2.05) is 0 Å². The number of rotatable bonds is 3. The number of sulfonamides is 1. The Labute approximate surface area is 118 Å². The molecule has 0 fully saturated rings. The molecule has 0 aliphatic carbocycles. The predicted molar refractivity (Wildman–Crippen MR) is 72.6 cm³/mol. The molecule has 0 aliphatic heterocycles. The van der Waals surface area contributed by atoms with E-state index in [1.54, 1.807) is 0 Å². The molecule has 106 valence electrons. The zero-order chi connectivity index (χ0) is 14.9. The number of nitrogens with two attached hydrogens (primary N) is 1. The molecular weight excluding hydrogens is 305 g/mol. The van der Waals surface area contributed by atoms with Gasteiger partial charge in [-0.1, -0.05) is 11.3 Å². The Morgan fingerprint density at radius 2 is 1.95 bits per heavy atom. The highest BCUT2D eigenvalue weighted by molar-refractivity contribution is 7.91. The van der Waals surface area contributed by atoms with E-state index in [4.69, 9.17) is 5.14 Å². The number of hydrogen-bond acceptors (Lipinski definition) is 5. The first kappa shape index (κ1) is 14.6. The lowest BCUT2D eigenvalue weighted by Crippen LogP contribution is -2.11. The molecule has 1 heterocycles. The Morgan fingerprint density at radius 1 is 1.35 bits per heavy atom. The highest BCUT2D eigenvalue weighted by Crippen LogP contribution is 2.26. The van der Waals surface area contributed by atoms with Crippen LogP contribution in [0.15, 0.2) is 28.5 Å². The van der Waals surface area contributed by atoms with E-state index in [9.17, 15) is 17.6 Å². The van der Waals surface area contributed by atoms with Gasteiger partial charge in [0.1, 0.15) is 5.82 Å². The predicted octanol–water partition coefficient (Wildman–Crippen LogP) is 1.49. The molecular formula is C11H10FN3O3S2. The highest BCUT2D eigenvalue weighted by Gasteiger charge is 2.19. The van der Waals surface area contributed by atoms with Crippen molar-refractivity contribution in [3.05, 3.63) is 41.3 Å². The van der Waals surface area contributed by atoms with E-state index in [0.717, 1.165) is 23.5 Å². The summed E-state index contributed by atoms with van der Waals surface area (Å²) in [7, 11) is -3.86. The second-order valence-electron chi connectivity index (χ2n) is 3.90. The summed E-state index contributed by atoms with van der Waals surface area (Å²) >= 11 is 0.762. The molecule has 0 radical (unpaired) electrons. The van der Waals surface area contributed by atoms with Crippen LogP contribution in [0.5, 0.6) is 0 Å². The third kappa shape index (κ3) is 3.18. The van der Waals surface area contributed by atoms with Crippen LogP contribution in [0.1, 0.15) is 16.1 Å². The molecule has 1 amide bonds. The fraction of sp³-hybridized carbons (Fsp3) is 0.0909. The van der Waals surface area contributed by atoms with Crippen LogP contribution in [-0.2, 0) is 10.0 Å². The summed E-state index contributed by atoms with van der Waals surface area (Å²) in [4.78, 5) is 15.8. The van der Waals surface area contributed by atoms with Crippen molar-refractivity contribution in [3.8, 4) is 0 Å². The number of halogens is 1. The minimum atomic E-state index is -3.86. The Bertz CT molecular complexity index is 754. The second kappa shape index (κ2) is 5.27. The van der Waals surface area contributed by atoms with Gasteiger partial charge in [0.2, 0.25) is 10.0 Å². The molecule has 9 heteroatoms. The molecule has 1 aromatic heterocycles. The average molecular weight is 315 g/mol. The number of amides is 1. The number of thiazole rings is 1. The van der Waals surface area contributed by atoms with Gasteiger partial charge >= 0.3 is 0 Å². The number of carbonyl (C=O) groups excluding carboxylic acids is 1. The molecule has 0 spiro atoms. The first-order chi connectivity index (χ1) is 9.27. The van der Waals surface area contributed by atoms with Crippen LogP contribution in [0.3, 0.4) is 0 Å². The molecule has 0 aliphatic rings. The maximum Gasteiger partial charge on any atom is 0.257 e. The third-order valence-corrected chi connectivity index (χ3v) is 4.97. The molecule has 0 unspecified atom stereocenters. The number of nitrogens with one attached hydrogen (secondary N) is 1. The standard InChI is InChI=1S/C11H10FN3O3S2/c1-6-10(20(13,17)18)19-11(14-6)15-9(16)7-2-4-8(12)5-3-7/h2-5H,1H3,(H2,13,17,18)(H,14,15,16). The van der Waals surface area contributed by atoms with Crippen LogP contribution < -0.4 is 10.5 Å². The molecule has 2 rings (SSSR count). The Hall–Kier alpha value is -1.84. The first-order valence-corrected chi connectivity index (χ1v) is 7.71. The summed E-state index contributed by atoms with van der Waals surface area (Å²) in [6, 6.07) is 4.92. The molecule has 20 heavy (non-hydrogen) atoms. The van der Waals surface area contributed by atoms with Crippen molar-refractivity contribution in [2.75, 3.05) is 5.32 Å². The van der Waals surface area contributed by atoms with E-state index >= 15 is 0 Å². The number of carbonyl (C=O) groups is 1. The topological polar surface area (TPSA) is 102 Å². The van der Waals surface area contributed by atoms with Gasteiger partial charge in [-0.05, 0) is 31.2 Å². The molecule has 0 bridgehead atoms. The lowest BCUT2D eigenvalue weighted by atomic mass is 10.2. The summed E-state index contributed by atoms with van der Waals surface area (Å²) in [6.07, 6.45) is 0. The van der Waals surface area contributed by atoms with Crippen molar-refractivity contribution in [1.82, 2.24) is 4.98 Å². The van der Waals surface area contributed by atoms with E-state index in [-0.39, 0.29) is 20.6 Å². The zero-order valence-electron chi connectivity index (χ0n) is 10.3. The number of nitrogens with zero attached hydrogens (tertiary/aromatic N) is 1. The second-order valence-corrected chi connectivity index (χ2v) is 6.65. The summed E-state index contributed by atoms with van der Waals surface area (Å²) in [5.41, 5.74) is 0.448. The summed E-state index contributed by atoms with van der Waals surface area (Å²) < 4.78 is 35.1. The summed E-state index contributed by atoms with van der Waals surface area (Å²) in [5, 5.41) is 7.57. The van der Waals surface area contributed by atoms with Crippen molar-refractivity contribution in [1.29, 1.82) is 0 Å². The molecule has 1 aromatic carbocycles. The van der Waals surface area contributed by atoms with Gasteiger partial charge in [-0.3, -0.25) is 10.1 Å². The van der Waals surface area contributed by atoms with E-state index < -0.39 is 21.7 Å². The minimum absolute atomic E-state index is 0.105. The first-order valence-electron chi connectivity index (χ1n) is 5.34. The number of aromatic nitrogens is 1. The molecule has 0 saturated carbocycles. The van der Waals surface area contributed by atoms with Crippen molar-refractivity contribution in [2.24, 2.45) is 5.14 Å². The monoisotopic (exact) mass is 315 g/mol. The maximum atomic E-state index is 12.7. The Kier molecular flexibility index (Phi) is 3.84. The lowest BCUT2D eigenvalue weighted by Gasteiger charge is -2.00. The Morgan fingerprint density at radius 3 is 2.45 bits per heavy atom. The largest absolute Gasteiger partial charge is 0.298 e. The summed E-state index contributed by atoms with van der Waals surface area (Å²) in [5.74, 6) is -0.970. The number of primary sulfonamides is 1. The lowest BCUT2D eigenvalue weighted by molar-refractivity contribution is 0.102. The van der Waals surface area contributed by atoms with E-state index in [1.165, 1.54) is 19.1 Å². The van der Waals surface area contributed by atoms with Gasteiger partial charge in [-0.15, -0.1) is 0 Å². The smallest absolute Gasteiger partial charge is 0.257 e. The third-order valence-electron chi connectivity index (χ3n) is 2.34. The van der Waals surface area contributed by atoms with Crippen molar-refractivity contribution < 1.29 is 17.6 Å². The average Bonchev–Trinajstić information content (AvgIpc) is 2.70. The van der Waals surface area contributed by atoms with Crippen LogP contribution in [0, 0.1) is 12.7 Å². The van der Waals surface area contributed by atoms with Gasteiger partial charge < -0.3 is 0 Å². The van der Waals surface area contributed by atoms with Crippen LogP contribution in [0.4, 0.5) is 9.52 Å². The molecule has 2 aromatic rings. The van der Waals surface area contributed by atoms with Gasteiger partial charge in [-0.25, -0.2) is 22.9 Å².